The first kappa shape index (κ1) is 44.7. The summed E-state index contributed by atoms with van der Waals surface area (Å²) < 4.78 is 5.86. The van der Waals surface area contributed by atoms with Gasteiger partial charge in [-0.25, -0.2) is 4.79 Å². The molecule has 48 heavy (non-hydrogen) atoms. The molecule has 1 fully saturated rings. The van der Waals surface area contributed by atoms with E-state index in [1.165, 1.54) is 193 Å². The predicted molar refractivity (Wildman–Crippen MR) is 212 cm³/mol. The number of carbonyl (C=O) groups excluding carboxylic acids is 1. The molecule has 282 valence electrons. The molecule has 1 aliphatic rings. The predicted octanol–water partition coefficient (Wildman–Crippen LogP) is 14.3. The van der Waals surface area contributed by atoms with Crippen molar-refractivity contribution in [3.05, 3.63) is 24.3 Å². The fraction of sp³-hybridized carbons (Fsp3) is 0.886. The summed E-state index contributed by atoms with van der Waals surface area (Å²) in [6, 6.07) is 0. The van der Waals surface area contributed by atoms with E-state index >= 15 is 0 Å². The van der Waals surface area contributed by atoms with E-state index in [0.717, 1.165) is 39.0 Å². The Kier molecular flexibility index (Phi) is 34.5. The van der Waals surface area contributed by atoms with Crippen LogP contribution in [0.15, 0.2) is 24.3 Å². The van der Waals surface area contributed by atoms with Crippen molar-refractivity contribution in [3.8, 4) is 0 Å². The van der Waals surface area contributed by atoms with Gasteiger partial charge >= 0.3 is 6.09 Å². The Morgan fingerprint density at radius 1 is 0.479 bits per heavy atom. The van der Waals surface area contributed by atoms with Crippen molar-refractivity contribution in [1.82, 2.24) is 9.80 Å². The molecule has 0 aromatic heterocycles. The van der Waals surface area contributed by atoms with E-state index in [1.807, 2.05) is 4.90 Å². The van der Waals surface area contributed by atoms with Gasteiger partial charge in [-0.15, -0.1) is 0 Å². The molecule has 0 aromatic carbocycles. The molecule has 1 aliphatic heterocycles. The lowest BCUT2D eigenvalue weighted by atomic mass is 10.1. The summed E-state index contributed by atoms with van der Waals surface area (Å²) >= 11 is 0. The zero-order chi connectivity index (χ0) is 34.4. The van der Waals surface area contributed by atoms with Crippen molar-refractivity contribution in [3.63, 3.8) is 0 Å². The minimum Gasteiger partial charge on any atom is -0.433 e. The van der Waals surface area contributed by atoms with Crippen molar-refractivity contribution in [2.75, 3.05) is 32.9 Å². The average molecular weight is 673 g/mol. The van der Waals surface area contributed by atoms with Crippen LogP contribution in [0.25, 0.3) is 0 Å². The third kappa shape index (κ3) is 30.7. The van der Waals surface area contributed by atoms with Crippen molar-refractivity contribution in [2.24, 2.45) is 0 Å². The van der Waals surface area contributed by atoms with Crippen LogP contribution < -0.4 is 0 Å². The van der Waals surface area contributed by atoms with Crippen LogP contribution in [0.1, 0.15) is 219 Å². The van der Waals surface area contributed by atoms with Gasteiger partial charge in [-0.1, -0.05) is 167 Å². The molecule has 0 aromatic rings. The number of rotatable bonds is 34. The van der Waals surface area contributed by atoms with Gasteiger partial charge in [0.25, 0.3) is 0 Å². The first-order valence-electron chi connectivity index (χ1n) is 21.7. The van der Waals surface area contributed by atoms with Crippen LogP contribution in [0.5, 0.6) is 0 Å². The highest BCUT2D eigenvalue weighted by Crippen LogP contribution is 2.14. The minimum atomic E-state index is -0.0836. The molecular weight excluding hydrogens is 588 g/mol. The molecule has 0 atom stereocenters. The van der Waals surface area contributed by atoms with E-state index in [1.54, 1.807) is 0 Å². The van der Waals surface area contributed by atoms with Crippen LogP contribution in [0.2, 0.25) is 0 Å². The van der Waals surface area contributed by atoms with E-state index < -0.39 is 0 Å². The monoisotopic (exact) mass is 673 g/mol. The first-order valence-corrected chi connectivity index (χ1v) is 21.7. The number of hydrogen-bond acceptors (Lipinski definition) is 3. The van der Waals surface area contributed by atoms with Crippen molar-refractivity contribution >= 4 is 6.09 Å². The van der Waals surface area contributed by atoms with Crippen LogP contribution in [0.3, 0.4) is 0 Å². The zero-order valence-electron chi connectivity index (χ0n) is 32.7. The van der Waals surface area contributed by atoms with E-state index in [2.05, 4.69) is 43.1 Å². The molecule has 0 spiro atoms. The Hall–Kier alpha value is -1.29. The quantitative estimate of drug-likeness (QED) is 0.0504. The van der Waals surface area contributed by atoms with Crippen LogP contribution in [0.4, 0.5) is 4.79 Å². The number of carbonyl (C=O) groups is 1. The molecule has 1 amide bonds. The van der Waals surface area contributed by atoms with Gasteiger partial charge in [-0.2, -0.15) is 0 Å². The second kappa shape index (κ2) is 37.0. The van der Waals surface area contributed by atoms with Crippen molar-refractivity contribution in [2.45, 2.75) is 219 Å². The molecule has 0 bridgehead atoms. The maximum atomic E-state index is 13.1. The standard InChI is InChI=1S/C44H84N2O2/c1-3-5-7-9-11-13-15-17-19-21-23-25-27-29-31-37-41-46(44(47)48-43-45-39-35-33-34-36-40-45)42-38-32-30-28-26-24-22-20-18-16-14-12-10-8-6-4-2/h17-20H,3-16,21-43H2,1-2H3. The lowest BCUT2D eigenvalue weighted by Gasteiger charge is -2.25. The minimum absolute atomic E-state index is 0.0836. The molecule has 4 nitrogen and oxygen atoms in total. The van der Waals surface area contributed by atoms with Crippen LogP contribution in [0, 0.1) is 0 Å². The number of allylic oxidation sites excluding steroid dienone is 4. The summed E-state index contributed by atoms with van der Waals surface area (Å²) in [5.74, 6) is 0. The van der Waals surface area contributed by atoms with Gasteiger partial charge < -0.3 is 9.64 Å². The Morgan fingerprint density at radius 3 is 1.19 bits per heavy atom. The van der Waals surface area contributed by atoms with Gasteiger partial charge in [0.15, 0.2) is 0 Å². The lowest BCUT2D eigenvalue weighted by molar-refractivity contribution is 0.0446. The number of unbranched alkanes of at least 4 members (excludes halogenated alkanes) is 24. The van der Waals surface area contributed by atoms with Gasteiger partial charge in [0.05, 0.1) is 0 Å². The molecule has 0 saturated carbocycles. The second-order valence-electron chi connectivity index (χ2n) is 14.9. The number of nitrogens with zero attached hydrogens (tertiary/aromatic N) is 2. The average Bonchev–Trinajstić information content (AvgIpc) is 3.38. The summed E-state index contributed by atoms with van der Waals surface area (Å²) in [6.45, 7) is 8.88. The Balaban J connectivity index is 2.16. The smallest absolute Gasteiger partial charge is 0.411 e. The van der Waals surface area contributed by atoms with Gasteiger partial charge in [0.2, 0.25) is 0 Å². The molecule has 0 unspecified atom stereocenters. The fourth-order valence-electron chi connectivity index (χ4n) is 6.90. The summed E-state index contributed by atoms with van der Waals surface area (Å²) in [4.78, 5) is 17.5. The largest absolute Gasteiger partial charge is 0.433 e. The molecule has 0 radical (unpaired) electrons. The highest BCUT2D eigenvalue weighted by atomic mass is 16.6. The van der Waals surface area contributed by atoms with Crippen LogP contribution in [-0.2, 0) is 4.74 Å². The molecule has 1 rings (SSSR count). The Morgan fingerprint density at radius 2 is 0.812 bits per heavy atom. The summed E-state index contributed by atoms with van der Waals surface area (Å²) in [6.07, 6.45) is 51.5. The second-order valence-corrected chi connectivity index (χ2v) is 14.9. The van der Waals surface area contributed by atoms with Crippen LogP contribution >= 0.6 is 0 Å². The SMILES string of the molecule is CCCCCCCCC=CCCCCCCCCN(CCCCCCCCC=CCCCCCCCC)C(=O)OCN1CCCCCC1. The summed E-state index contributed by atoms with van der Waals surface area (Å²) in [5.41, 5.74) is 0. The molecule has 0 aliphatic carbocycles. The van der Waals surface area contributed by atoms with E-state index in [0.29, 0.717) is 6.73 Å². The number of ether oxygens (including phenoxy) is 1. The maximum absolute atomic E-state index is 13.1. The first-order chi connectivity index (χ1) is 23.8. The Bertz CT molecular complexity index is 671. The van der Waals surface area contributed by atoms with Gasteiger partial charge in [-0.05, 0) is 77.0 Å². The molecule has 1 heterocycles. The fourth-order valence-corrected chi connectivity index (χ4v) is 6.90. The van der Waals surface area contributed by atoms with E-state index in [4.69, 9.17) is 4.74 Å². The summed E-state index contributed by atoms with van der Waals surface area (Å²) in [7, 11) is 0. The lowest BCUT2D eigenvalue weighted by Crippen LogP contribution is -2.37. The zero-order valence-corrected chi connectivity index (χ0v) is 32.7. The van der Waals surface area contributed by atoms with E-state index in [9.17, 15) is 4.79 Å². The van der Waals surface area contributed by atoms with E-state index in [-0.39, 0.29) is 6.09 Å². The van der Waals surface area contributed by atoms with Crippen molar-refractivity contribution in [1.29, 1.82) is 0 Å². The molecular formula is C44H84N2O2. The van der Waals surface area contributed by atoms with Gasteiger partial charge in [0, 0.05) is 26.2 Å². The highest BCUT2D eigenvalue weighted by Gasteiger charge is 2.17. The van der Waals surface area contributed by atoms with Gasteiger partial charge in [-0.3, -0.25) is 4.90 Å². The van der Waals surface area contributed by atoms with Gasteiger partial charge in [0.1, 0.15) is 6.73 Å². The number of likely N-dealkylation sites (tertiary alicyclic amines) is 1. The molecule has 0 N–H and O–H groups in total. The number of hydrogen-bond donors (Lipinski definition) is 0. The third-order valence-corrected chi connectivity index (χ3v) is 10.2. The topological polar surface area (TPSA) is 32.8 Å². The Labute approximate surface area is 301 Å². The molecule has 1 saturated heterocycles. The van der Waals surface area contributed by atoms with Crippen molar-refractivity contribution < 1.29 is 9.53 Å². The highest BCUT2D eigenvalue weighted by molar-refractivity contribution is 5.67. The molecule has 4 heteroatoms. The number of amides is 1. The van der Waals surface area contributed by atoms with Crippen LogP contribution in [-0.4, -0.2) is 48.8 Å². The summed E-state index contributed by atoms with van der Waals surface area (Å²) in [5, 5.41) is 0. The normalized spacial score (nSPS) is 14.3. The third-order valence-electron chi connectivity index (χ3n) is 10.2. The maximum Gasteiger partial charge on any atom is 0.411 e.